The molecule has 0 radical (unpaired) electrons. The first-order chi connectivity index (χ1) is 15.0. The molecule has 31 heavy (non-hydrogen) atoms. The van der Waals surface area contributed by atoms with Crippen LogP contribution in [0.3, 0.4) is 0 Å². The zero-order chi connectivity index (χ0) is 21.8. The normalized spacial score (nSPS) is 14.8. The van der Waals surface area contributed by atoms with Crippen LogP contribution in [0.5, 0.6) is 0 Å². The van der Waals surface area contributed by atoms with Crippen molar-refractivity contribution in [3.05, 3.63) is 70.6 Å². The van der Waals surface area contributed by atoms with Gasteiger partial charge in [-0.1, -0.05) is 24.3 Å². The molecule has 162 valence electrons. The number of pyridine rings is 1. The smallest absolute Gasteiger partial charge is 0.191 e. The Morgan fingerprint density at radius 3 is 2.52 bits per heavy atom. The van der Waals surface area contributed by atoms with Gasteiger partial charge < -0.3 is 9.15 Å². The minimum absolute atomic E-state index is 0.474. The van der Waals surface area contributed by atoms with Gasteiger partial charge in [0.15, 0.2) is 12.2 Å². The molecule has 0 aliphatic carbocycles. The highest BCUT2D eigenvalue weighted by Crippen LogP contribution is 2.23. The lowest BCUT2D eigenvalue weighted by Crippen LogP contribution is -2.36. The van der Waals surface area contributed by atoms with E-state index in [4.69, 9.17) is 14.1 Å². The topological polar surface area (TPSA) is 68.5 Å². The van der Waals surface area contributed by atoms with Crippen molar-refractivity contribution in [3.63, 3.8) is 0 Å². The van der Waals surface area contributed by atoms with Crippen molar-refractivity contribution in [1.82, 2.24) is 14.9 Å². The van der Waals surface area contributed by atoms with Gasteiger partial charge in [-0.05, 0) is 50.4 Å². The molecule has 1 aliphatic rings. The van der Waals surface area contributed by atoms with Crippen LogP contribution in [-0.4, -0.2) is 47.5 Å². The molecule has 2 aromatic heterocycles. The van der Waals surface area contributed by atoms with Crippen molar-refractivity contribution in [2.24, 2.45) is 0 Å². The summed E-state index contributed by atoms with van der Waals surface area (Å²) in [5, 5.41) is 0. The van der Waals surface area contributed by atoms with Crippen LogP contribution >= 0.6 is 0 Å². The lowest BCUT2D eigenvalue weighted by Gasteiger charge is -2.31. The largest absolute Gasteiger partial charge is 0.449 e. The Morgan fingerprint density at radius 2 is 1.87 bits per heavy atom. The SMILES string of the molecule is Cc1nc(-c2ccc(Cc3cc(C=O)c(CN(C)C4CCOCC4)nc3C)cc2)co1. The number of hydrogen-bond donors (Lipinski definition) is 0. The summed E-state index contributed by atoms with van der Waals surface area (Å²) in [6.45, 7) is 6.13. The van der Waals surface area contributed by atoms with E-state index in [-0.39, 0.29) is 0 Å². The molecule has 0 amide bonds. The van der Waals surface area contributed by atoms with Crippen LogP contribution in [0.4, 0.5) is 0 Å². The molecule has 1 aliphatic heterocycles. The summed E-state index contributed by atoms with van der Waals surface area (Å²) in [6.07, 6.45) is 5.37. The molecule has 3 heterocycles. The fourth-order valence-corrected chi connectivity index (χ4v) is 4.12. The minimum atomic E-state index is 0.474. The van der Waals surface area contributed by atoms with Crippen LogP contribution in [-0.2, 0) is 17.7 Å². The number of carbonyl (C=O) groups is 1. The Hall–Kier alpha value is -2.83. The highest BCUT2D eigenvalue weighted by atomic mass is 16.5. The number of aryl methyl sites for hydroxylation is 2. The number of oxazole rings is 1. The van der Waals surface area contributed by atoms with Crippen molar-refractivity contribution in [2.75, 3.05) is 20.3 Å². The average Bonchev–Trinajstić information content (AvgIpc) is 3.23. The number of hydrogen-bond acceptors (Lipinski definition) is 6. The first kappa shape index (κ1) is 21.4. The van der Waals surface area contributed by atoms with Crippen molar-refractivity contribution in [3.8, 4) is 11.3 Å². The van der Waals surface area contributed by atoms with Crippen molar-refractivity contribution >= 4 is 6.29 Å². The molecule has 6 heteroatoms. The van der Waals surface area contributed by atoms with Gasteiger partial charge >= 0.3 is 0 Å². The number of aromatic nitrogens is 2. The minimum Gasteiger partial charge on any atom is -0.449 e. The summed E-state index contributed by atoms with van der Waals surface area (Å²) in [4.78, 5) is 23.3. The molecular formula is C25H29N3O3. The molecule has 1 aromatic carbocycles. The molecule has 6 nitrogen and oxygen atoms in total. The second kappa shape index (κ2) is 9.54. The molecule has 0 atom stereocenters. The van der Waals surface area contributed by atoms with Crippen molar-refractivity contribution in [1.29, 1.82) is 0 Å². The Bertz CT molecular complexity index is 1040. The Morgan fingerprint density at radius 1 is 1.13 bits per heavy atom. The number of aldehydes is 1. The Balaban J connectivity index is 1.49. The van der Waals surface area contributed by atoms with Gasteiger partial charge in [0.1, 0.15) is 12.0 Å². The highest BCUT2D eigenvalue weighted by Gasteiger charge is 2.20. The number of ether oxygens (including phenoxy) is 1. The van der Waals surface area contributed by atoms with E-state index in [0.29, 0.717) is 24.0 Å². The molecule has 0 N–H and O–H groups in total. The maximum atomic E-state index is 11.8. The summed E-state index contributed by atoms with van der Waals surface area (Å²) in [6, 6.07) is 10.7. The zero-order valence-corrected chi connectivity index (χ0v) is 18.4. The van der Waals surface area contributed by atoms with Gasteiger partial charge in [-0.25, -0.2) is 4.98 Å². The fraction of sp³-hybridized carbons (Fsp3) is 0.400. The van der Waals surface area contributed by atoms with E-state index in [9.17, 15) is 4.79 Å². The van der Waals surface area contributed by atoms with Crippen molar-refractivity contribution < 1.29 is 13.9 Å². The number of carbonyl (C=O) groups excluding carboxylic acids is 1. The summed E-state index contributed by atoms with van der Waals surface area (Å²) in [5.74, 6) is 0.657. The van der Waals surface area contributed by atoms with Gasteiger partial charge in [0.25, 0.3) is 0 Å². The molecule has 3 aromatic rings. The van der Waals surface area contributed by atoms with E-state index in [0.717, 1.165) is 72.5 Å². The first-order valence-corrected chi connectivity index (χ1v) is 10.8. The van der Waals surface area contributed by atoms with E-state index < -0.39 is 0 Å². The standard InChI is InChI=1S/C25H29N3O3/c1-17-21(12-19-4-6-20(7-5-19)25-16-31-18(2)27-25)13-22(15-29)24(26-17)14-28(3)23-8-10-30-11-9-23/h4-7,13,15-16,23H,8-12,14H2,1-3H3. The lowest BCUT2D eigenvalue weighted by molar-refractivity contribution is 0.0402. The second-order valence-electron chi connectivity index (χ2n) is 8.27. The van der Waals surface area contributed by atoms with Crippen LogP contribution < -0.4 is 0 Å². The van der Waals surface area contributed by atoms with Gasteiger partial charge in [0.05, 0.1) is 5.69 Å². The third-order valence-electron chi connectivity index (χ3n) is 6.03. The van der Waals surface area contributed by atoms with Crippen LogP contribution in [0.1, 0.15) is 51.6 Å². The summed E-state index contributed by atoms with van der Waals surface area (Å²) in [5.41, 5.74) is 6.59. The average molecular weight is 420 g/mol. The highest BCUT2D eigenvalue weighted by molar-refractivity contribution is 5.77. The van der Waals surface area contributed by atoms with Gasteiger partial charge in [-0.3, -0.25) is 14.7 Å². The number of rotatable bonds is 7. The predicted octanol–water partition coefficient (Wildman–Crippen LogP) is 4.37. The Labute approximate surface area is 183 Å². The Kier molecular flexibility index (Phi) is 6.59. The van der Waals surface area contributed by atoms with E-state index in [1.807, 2.05) is 32.0 Å². The van der Waals surface area contributed by atoms with E-state index in [1.165, 1.54) is 0 Å². The van der Waals surface area contributed by atoms with Crippen LogP contribution in [0, 0.1) is 13.8 Å². The fourth-order valence-electron chi connectivity index (χ4n) is 4.12. The maximum Gasteiger partial charge on any atom is 0.191 e. The summed E-state index contributed by atoms with van der Waals surface area (Å²) in [7, 11) is 2.10. The third-order valence-corrected chi connectivity index (χ3v) is 6.03. The van der Waals surface area contributed by atoms with Gasteiger partial charge in [-0.2, -0.15) is 0 Å². The summed E-state index contributed by atoms with van der Waals surface area (Å²) >= 11 is 0. The molecule has 0 unspecified atom stereocenters. The maximum absolute atomic E-state index is 11.8. The molecule has 1 fully saturated rings. The second-order valence-corrected chi connectivity index (χ2v) is 8.27. The number of benzene rings is 1. The van der Waals surface area contributed by atoms with Crippen LogP contribution in [0.2, 0.25) is 0 Å². The van der Waals surface area contributed by atoms with Gasteiger partial charge in [-0.15, -0.1) is 0 Å². The molecule has 0 saturated carbocycles. The van der Waals surface area contributed by atoms with Gasteiger partial charge in [0.2, 0.25) is 0 Å². The van der Waals surface area contributed by atoms with Crippen LogP contribution in [0.25, 0.3) is 11.3 Å². The quantitative estimate of drug-likeness (QED) is 0.530. The summed E-state index contributed by atoms with van der Waals surface area (Å²) < 4.78 is 10.8. The lowest BCUT2D eigenvalue weighted by atomic mass is 9.99. The third kappa shape index (κ3) is 5.09. The molecule has 0 spiro atoms. The molecule has 4 rings (SSSR count). The van der Waals surface area contributed by atoms with E-state index >= 15 is 0 Å². The monoisotopic (exact) mass is 419 g/mol. The van der Waals surface area contributed by atoms with Crippen molar-refractivity contribution in [2.45, 2.75) is 45.7 Å². The van der Waals surface area contributed by atoms with E-state index in [1.54, 1.807) is 6.26 Å². The van der Waals surface area contributed by atoms with Gasteiger partial charge in [0, 0.05) is 49.5 Å². The first-order valence-electron chi connectivity index (χ1n) is 10.8. The predicted molar refractivity (Wildman–Crippen MR) is 119 cm³/mol. The van der Waals surface area contributed by atoms with Crippen LogP contribution in [0.15, 0.2) is 41.0 Å². The zero-order valence-electron chi connectivity index (χ0n) is 18.4. The van der Waals surface area contributed by atoms with E-state index in [2.05, 4.69) is 29.1 Å². The molecular weight excluding hydrogens is 390 g/mol. The molecule has 0 bridgehead atoms. The number of nitrogens with zero attached hydrogens (tertiary/aromatic N) is 3. The molecule has 1 saturated heterocycles.